The van der Waals surface area contributed by atoms with Crippen molar-refractivity contribution in [1.82, 2.24) is 0 Å². The van der Waals surface area contributed by atoms with E-state index in [1.165, 1.54) is 0 Å². The van der Waals surface area contributed by atoms with Crippen molar-refractivity contribution in [3.63, 3.8) is 0 Å². The quantitative estimate of drug-likeness (QED) is 0.478. The molecule has 8 nitrogen and oxygen atoms in total. The second kappa shape index (κ2) is 6.44. The monoisotopic (exact) mass is 301 g/mol. The lowest BCUT2D eigenvalue weighted by atomic mass is 10.1. The number of nitro benzene ring substituents is 2. The zero-order valence-electron chi connectivity index (χ0n) is 11.5. The molecule has 0 aliphatic carbocycles. The fourth-order valence-electron chi connectivity index (χ4n) is 1.69. The van der Waals surface area contributed by atoms with E-state index >= 15 is 0 Å². The number of rotatable bonds is 5. The lowest BCUT2D eigenvalue weighted by Gasteiger charge is -2.03. The van der Waals surface area contributed by atoms with Gasteiger partial charge in [-0.1, -0.05) is 35.5 Å². The van der Waals surface area contributed by atoms with Crippen molar-refractivity contribution in [2.24, 2.45) is 5.16 Å². The van der Waals surface area contributed by atoms with E-state index in [1.807, 2.05) is 30.3 Å². The summed E-state index contributed by atoms with van der Waals surface area (Å²) >= 11 is 0. The summed E-state index contributed by atoms with van der Waals surface area (Å²) in [4.78, 5) is 25.2. The van der Waals surface area contributed by atoms with Crippen LogP contribution < -0.4 is 4.84 Å². The molecule has 0 amide bonds. The standard InChI is InChI=1S/C14H11N3O5/c1-10(11-5-3-2-4-6-11)15-22-14-8-7-12(16(18)19)9-13(14)17(20)21/h2-9H,1H3/b15-10-. The largest absolute Gasteiger partial charge is 0.349 e. The highest BCUT2D eigenvalue weighted by Crippen LogP contribution is 2.31. The first-order chi connectivity index (χ1) is 10.5. The van der Waals surface area contributed by atoms with Gasteiger partial charge in [0.05, 0.1) is 21.6 Å². The normalized spacial score (nSPS) is 11.0. The number of non-ortho nitro benzene ring substituents is 1. The fourth-order valence-corrected chi connectivity index (χ4v) is 1.69. The highest BCUT2D eigenvalue weighted by molar-refractivity contribution is 5.98. The minimum atomic E-state index is -0.754. The summed E-state index contributed by atoms with van der Waals surface area (Å²) in [5.41, 5.74) is 0.418. The first-order valence-electron chi connectivity index (χ1n) is 6.19. The van der Waals surface area contributed by atoms with Crippen LogP contribution in [0.2, 0.25) is 0 Å². The van der Waals surface area contributed by atoms with E-state index in [0.717, 1.165) is 23.8 Å². The van der Waals surface area contributed by atoms with Crippen LogP contribution in [0.3, 0.4) is 0 Å². The molecule has 0 aliphatic heterocycles. The third-order valence-electron chi connectivity index (χ3n) is 2.82. The molecule has 0 radical (unpaired) electrons. The van der Waals surface area contributed by atoms with Crippen LogP contribution in [0.5, 0.6) is 5.75 Å². The number of hydrogen-bond donors (Lipinski definition) is 0. The molecule has 2 rings (SSSR count). The topological polar surface area (TPSA) is 108 Å². The molecule has 0 saturated heterocycles. The van der Waals surface area contributed by atoms with E-state index in [2.05, 4.69) is 5.16 Å². The molecule has 2 aromatic rings. The maximum Gasteiger partial charge on any atom is 0.321 e. The molecule has 0 aromatic heterocycles. The minimum Gasteiger partial charge on any atom is -0.349 e. The van der Waals surface area contributed by atoms with E-state index in [1.54, 1.807) is 6.92 Å². The predicted octanol–water partition coefficient (Wildman–Crippen LogP) is 3.31. The second-order valence-electron chi connectivity index (χ2n) is 4.30. The maximum atomic E-state index is 11.0. The molecule has 0 saturated carbocycles. The molecule has 0 fully saturated rings. The van der Waals surface area contributed by atoms with Gasteiger partial charge < -0.3 is 4.84 Å². The van der Waals surface area contributed by atoms with Gasteiger partial charge in [-0.3, -0.25) is 20.2 Å². The molecule has 2 aromatic carbocycles. The number of hydrogen-bond acceptors (Lipinski definition) is 6. The van der Waals surface area contributed by atoms with Crippen LogP contribution in [0.1, 0.15) is 12.5 Å². The van der Waals surface area contributed by atoms with E-state index in [-0.39, 0.29) is 11.4 Å². The molecule has 0 bridgehead atoms. The van der Waals surface area contributed by atoms with Gasteiger partial charge in [-0.25, -0.2) is 0 Å². The van der Waals surface area contributed by atoms with Crippen LogP contribution in [0.4, 0.5) is 11.4 Å². The minimum absolute atomic E-state index is 0.161. The van der Waals surface area contributed by atoms with E-state index in [0.29, 0.717) is 5.71 Å². The van der Waals surface area contributed by atoms with Crippen LogP contribution in [0.25, 0.3) is 0 Å². The van der Waals surface area contributed by atoms with Crippen LogP contribution in [0, 0.1) is 20.2 Å². The molecule has 0 spiro atoms. The highest BCUT2D eigenvalue weighted by atomic mass is 16.7. The van der Waals surface area contributed by atoms with Crippen molar-refractivity contribution in [2.75, 3.05) is 0 Å². The summed E-state index contributed by atoms with van der Waals surface area (Å²) in [6, 6.07) is 12.2. The Hall–Kier alpha value is -3.29. The van der Waals surface area contributed by atoms with Gasteiger partial charge in [-0.15, -0.1) is 0 Å². The molecule has 8 heteroatoms. The van der Waals surface area contributed by atoms with Crippen molar-refractivity contribution in [1.29, 1.82) is 0 Å². The summed E-state index contributed by atoms with van der Waals surface area (Å²) in [6.45, 7) is 1.69. The average molecular weight is 301 g/mol. The second-order valence-corrected chi connectivity index (χ2v) is 4.30. The Morgan fingerprint density at radius 2 is 1.73 bits per heavy atom. The number of nitrogens with zero attached hydrogens (tertiary/aromatic N) is 3. The van der Waals surface area contributed by atoms with Crippen molar-refractivity contribution >= 4 is 17.1 Å². The summed E-state index contributed by atoms with van der Waals surface area (Å²) in [5, 5.41) is 25.4. The van der Waals surface area contributed by atoms with Crippen LogP contribution >= 0.6 is 0 Å². The lowest BCUT2D eigenvalue weighted by molar-refractivity contribution is -0.394. The number of nitro groups is 2. The van der Waals surface area contributed by atoms with Gasteiger partial charge in [0.2, 0.25) is 5.75 Å². The molecule has 0 N–H and O–H groups in total. The Kier molecular flexibility index (Phi) is 4.42. The van der Waals surface area contributed by atoms with E-state index in [9.17, 15) is 20.2 Å². The molecular weight excluding hydrogens is 290 g/mol. The molecule has 0 aliphatic rings. The Morgan fingerprint density at radius 3 is 2.32 bits per heavy atom. The van der Waals surface area contributed by atoms with Crippen LogP contribution in [0.15, 0.2) is 53.7 Å². The zero-order valence-corrected chi connectivity index (χ0v) is 11.5. The summed E-state index contributed by atoms with van der Waals surface area (Å²) in [7, 11) is 0. The Labute approximate surface area is 124 Å². The van der Waals surface area contributed by atoms with Gasteiger partial charge in [-0.2, -0.15) is 0 Å². The molecule has 22 heavy (non-hydrogen) atoms. The first-order valence-corrected chi connectivity index (χ1v) is 6.19. The molecule has 112 valence electrons. The zero-order chi connectivity index (χ0) is 16.1. The summed E-state index contributed by atoms with van der Waals surface area (Å²) in [5.74, 6) is -0.161. The lowest BCUT2D eigenvalue weighted by Crippen LogP contribution is -2.00. The van der Waals surface area contributed by atoms with Crippen molar-refractivity contribution in [3.8, 4) is 5.75 Å². The number of benzene rings is 2. The van der Waals surface area contributed by atoms with Crippen LogP contribution in [-0.4, -0.2) is 15.6 Å². The van der Waals surface area contributed by atoms with Gasteiger partial charge in [-0.05, 0) is 18.6 Å². The first kappa shape index (κ1) is 15.1. The average Bonchev–Trinajstić information content (AvgIpc) is 2.53. The van der Waals surface area contributed by atoms with E-state index < -0.39 is 15.5 Å². The summed E-state index contributed by atoms with van der Waals surface area (Å²) < 4.78 is 0. The Balaban J connectivity index is 2.30. The Morgan fingerprint density at radius 1 is 1.05 bits per heavy atom. The molecule has 0 atom stereocenters. The van der Waals surface area contributed by atoms with Gasteiger partial charge in [0, 0.05) is 6.07 Å². The van der Waals surface area contributed by atoms with Gasteiger partial charge in [0.1, 0.15) is 0 Å². The SMILES string of the molecule is C/C(=N/Oc1ccc([N+](=O)[O-])cc1[N+](=O)[O-])c1ccccc1. The van der Waals surface area contributed by atoms with Crippen molar-refractivity contribution in [3.05, 3.63) is 74.3 Å². The fraction of sp³-hybridized carbons (Fsp3) is 0.0714. The van der Waals surface area contributed by atoms with Crippen molar-refractivity contribution < 1.29 is 14.7 Å². The molecule has 0 unspecified atom stereocenters. The third-order valence-corrected chi connectivity index (χ3v) is 2.82. The van der Waals surface area contributed by atoms with E-state index in [4.69, 9.17) is 4.84 Å². The van der Waals surface area contributed by atoms with Crippen molar-refractivity contribution in [2.45, 2.75) is 6.92 Å². The highest BCUT2D eigenvalue weighted by Gasteiger charge is 2.21. The predicted molar refractivity (Wildman–Crippen MR) is 79.0 cm³/mol. The van der Waals surface area contributed by atoms with Gasteiger partial charge >= 0.3 is 5.69 Å². The van der Waals surface area contributed by atoms with Gasteiger partial charge in [0.25, 0.3) is 5.69 Å². The maximum absolute atomic E-state index is 11.0. The molecular formula is C14H11N3O5. The Bertz CT molecular complexity index is 743. The molecule has 0 heterocycles. The van der Waals surface area contributed by atoms with Gasteiger partial charge in [0.15, 0.2) is 0 Å². The number of oxime groups is 1. The van der Waals surface area contributed by atoms with Crippen LogP contribution in [-0.2, 0) is 0 Å². The smallest absolute Gasteiger partial charge is 0.321 e. The summed E-state index contributed by atoms with van der Waals surface area (Å²) in [6.07, 6.45) is 0. The third kappa shape index (κ3) is 3.42.